The van der Waals surface area contributed by atoms with Gasteiger partial charge in [0.05, 0.1) is 6.61 Å². The highest BCUT2D eigenvalue weighted by Gasteiger charge is 2.08. The molecule has 0 heterocycles. The molecule has 0 aliphatic rings. The van der Waals surface area contributed by atoms with Crippen LogP contribution in [0, 0.1) is 6.92 Å². The van der Waals surface area contributed by atoms with Crippen LogP contribution in [0.3, 0.4) is 0 Å². The Hall–Kier alpha value is -1.68. The van der Waals surface area contributed by atoms with Crippen LogP contribution in [0.4, 0.5) is 5.69 Å². The Bertz CT molecular complexity index is 599. The lowest BCUT2D eigenvalue weighted by atomic mass is 10.1. The highest BCUT2D eigenvalue weighted by Crippen LogP contribution is 2.31. The standard InChI is InChI=1S/C16H18BrNO2/c1-3-20-14-9-5-7-12(16(14)19)10-18-13-8-4-6-11(2)15(13)17/h4-9,18-19H,3,10H2,1-2H3. The van der Waals surface area contributed by atoms with E-state index in [1.165, 1.54) is 5.56 Å². The second-order valence-corrected chi connectivity index (χ2v) is 5.28. The number of nitrogens with one attached hydrogen (secondary N) is 1. The molecule has 0 saturated carbocycles. The van der Waals surface area contributed by atoms with Crippen molar-refractivity contribution < 1.29 is 9.84 Å². The Labute approximate surface area is 127 Å². The van der Waals surface area contributed by atoms with E-state index >= 15 is 0 Å². The Balaban J connectivity index is 2.15. The van der Waals surface area contributed by atoms with Crippen molar-refractivity contribution in [1.29, 1.82) is 0 Å². The van der Waals surface area contributed by atoms with Crippen molar-refractivity contribution in [3.8, 4) is 11.5 Å². The summed E-state index contributed by atoms with van der Waals surface area (Å²) in [5.41, 5.74) is 2.98. The molecule has 0 spiro atoms. The number of anilines is 1. The predicted octanol–water partition coefficient (Wildman–Crippen LogP) is 4.47. The van der Waals surface area contributed by atoms with Gasteiger partial charge in [0.2, 0.25) is 0 Å². The van der Waals surface area contributed by atoms with Gasteiger partial charge >= 0.3 is 0 Å². The fraction of sp³-hybridized carbons (Fsp3) is 0.250. The van der Waals surface area contributed by atoms with Gasteiger partial charge in [0.25, 0.3) is 0 Å². The zero-order valence-electron chi connectivity index (χ0n) is 11.6. The lowest BCUT2D eigenvalue weighted by molar-refractivity contribution is 0.317. The summed E-state index contributed by atoms with van der Waals surface area (Å²) in [6.45, 7) is 5.01. The van der Waals surface area contributed by atoms with Gasteiger partial charge in [-0.15, -0.1) is 0 Å². The first-order valence-corrected chi connectivity index (χ1v) is 7.35. The average molecular weight is 336 g/mol. The zero-order chi connectivity index (χ0) is 14.5. The lowest BCUT2D eigenvalue weighted by Gasteiger charge is -2.13. The van der Waals surface area contributed by atoms with Crippen molar-refractivity contribution in [3.05, 3.63) is 52.0 Å². The SMILES string of the molecule is CCOc1cccc(CNc2cccc(C)c2Br)c1O. The normalized spacial score (nSPS) is 10.3. The van der Waals surface area contributed by atoms with Crippen LogP contribution >= 0.6 is 15.9 Å². The fourth-order valence-corrected chi connectivity index (χ4v) is 2.36. The van der Waals surface area contributed by atoms with Crippen LogP contribution in [0.25, 0.3) is 0 Å². The number of aryl methyl sites for hydroxylation is 1. The Kier molecular flexibility index (Phi) is 4.90. The number of hydrogen-bond acceptors (Lipinski definition) is 3. The van der Waals surface area contributed by atoms with E-state index < -0.39 is 0 Å². The van der Waals surface area contributed by atoms with Crippen LogP contribution in [-0.4, -0.2) is 11.7 Å². The molecule has 0 radical (unpaired) electrons. The van der Waals surface area contributed by atoms with Crippen LogP contribution in [0.5, 0.6) is 11.5 Å². The summed E-state index contributed by atoms with van der Waals surface area (Å²) in [5.74, 6) is 0.723. The van der Waals surface area contributed by atoms with E-state index in [0.717, 1.165) is 15.7 Å². The van der Waals surface area contributed by atoms with Crippen molar-refractivity contribution in [2.45, 2.75) is 20.4 Å². The molecule has 0 unspecified atom stereocenters. The van der Waals surface area contributed by atoms with Gasteiger partial charge in [0.15, 0.2) is 11.5 Å². The highest BCUT2D eigenvalue weighted by atomic mass is 79.9. The summed E-state index contributed by atoms with van der Waals surface area (Å²) < 4.78 is 6.43. The molecule has 0 aliphatic heterocycles. The number of halogens is 1. The fourth-order valence-electron chi connectivity index (χ4n) is 1.96. The topological polar surface area (TPSA) is 41.5 Å². The predicted molar refractivity (Wildman–Crippen MR) is 85.5 cm³/mol. The molecule has 2 aromatic rings. The van der Waals surface area contributed by atoms with Gasteiger partial charge in [-0.2, -0.15) is 0 Å². The third kappa shape index (κ3) is 3.25. The minimum absolute atomic E-state index is 0.200. The second kappa shape index (κ2) is 6.66. The number of para-hydroxylation sites is 1. The monoisotopic (exact) mass is 335 g/mol. The van der Waals surface area contributed by atoms with Crippen LogP contribution in [-0.2, 0) is 6.54 Å². The quantitative estimate of drug-likeness (QED) is 0.846. The third-order valence-corrected chi connectivity index (χ3v) is 4.10. The van der Waals surface area contributed by atoms with E-state index in [4.69, 9.17) is 4.74 Å². The highest BCUT2D eigenvalue weighted by molar-refractivity contribution is 9.10. The second-order valence-electron chi connectivity index (χ2n) is 4.49. The molecular weight excluding hydrogens is 318 g/mol. The molecule has 2 aromatic carbocycles. The van der Waals surface area contributed by atoms with Crippen LogP contribution < -0.4 is 10.1 Å². The van der Waals surface area contributed by atoms with Crippen LogP contribution in [0.2, 0.25) is 0 Å². The maximum atomic E-state index is 10.1. The maximum absolute atomic E-state index is 10.1. The number of phenols is 1. The largest absolute Gasteiger partial charge is 0.504 e. The molecule has 0 saturated heterocycles. The Morgan fingerprint density at radius 1 is 1.20 bits per heavy atom. The Morgan fingerprint density at radius 2 is 1.95 bits per heavy atom. The first-order valence-electron chi connectivity index (χ1n) is 6.56. The van der Waals surface area contributed by atoms with E-state index in [1.807, 2.05) is 44.2 Å². The minimum atomic E-state index is 0.200. The summed E-state index contributed by atoms with van der Waals surface area (Å²) >= 11 is 3.56. The van der Waals surface area contributed by atoms with E-state index in [2.05, 4.69) is 21.2 Å². The van der Waals surface area contributed by atoms with Crippen molar-refractivity contribution in [1.82, 2.24) is 0 Å². The first kappa shape index (κ1) is 14.7. The molecule has 106 valence electrons. The third-order valence-electron chi connectivity index (χ3n) is 3.04. The molecule has 20 heavy (non-hydrogen) atoms. The number of benzene rings is 2. The first-order chi connectivity index (χ1) is 9.63. The number of hydrogen-bond donors (Lipinski definition) is 2. The molecule has 3 nitrogen and oxygen atoms in total. The van der Waals surface area contributed by atoms with Crippen LogP contribution in [0.15, 0.2) is 40.9 Å². The molecule has 0 aromatic heterocycles. The molecule has 0 fully saturated rings. The maximum Gasteiger partial charge on any atom is 0.162 e. The van der Waals surface area contributed by atoms with Gasteiger partial charge in [-0.25, -0.2) is 0 Å². The summed E-state index contributed by atoms with van der Waals surface area (Å²) in [6.07, 6.45) is 0. The van der Waals surface area contributed by atoms with Crippen molar-refractivity contribution in [3.63, 3.8) is 0 Å². The average Bonchev–Trinajstić information content (AvgIpc) is 2.44. The van der Waals surface area contributed by atoms with E-state index in [0.29, 0.717) is 18.9 Å². The van der Waals surface area contributed by atoms with Gasteiger partial charge in [-0.05, 0) is 47.5 Å². The molecule has 0 aliphatic carbocycles. The smallest absolute Gasteiger partial charge is 0.162 e. The molecule has 0 bridgehead atoms. The van der Waals surface area contributed by atoms with Crippen molar-refractivity contribution in [2.24, 2.45) is 0 Å². The van der Waals surface area contributed by atoms with Crippen molar-refractivity contribution in [2.75, 3.05) is 11.9 Å². The zero-order valence-corrected chi connectivity index (χ0v) is 13.2. The van der Waals surface area contributed by atoms with Gasteiger partial charge in [-0.3, -0.25) is 0 Å². The van der Waals surface area contributed by atoms with E-state index in [9.17, 15) is 5.11 Å². The number of phenolic OH excluding ortho intramolecular Hbond substituents is 1. The lowest BCUT2D eigenvalue weighted by Crippen LogP contribution is -2.02. The van der Waals surface area contributed by atoms with Gasteiger partial charge in [0.1, 0.15) is 0 Å². The van der Waals surface area contributed by atoms with Crippen molar-refractivity contribution >= 4 is 21.6 Å². The van der Waals surface area contributed by atoms with Gasteiger partial charge in [-0.1, -0.05) is 24.3 Å². The van der Waals surface area contributed by atoms with Gasteiger partial charge in [0, 0.05) is 22.3 Å². The summed E-state index contributed by atoms with van der Waals surface area (Å²) in [5, 5.41) is 13.5. The summed E-state index contributed by atoms with van der Waals surface area (Å²) in [7, 11) is 0. The molecule has 2 N–H and O–H groups in total. The molecule has 2 rings (SSSR count). The summed E-state index contributed by atoms with van der Waals surface area (Å²) in [4.78, 5) is 0. The molecule has 4 heteroatoms. The van der Waals surface area contributed by atoms with Gasteiger partial charge < -0.3 is 15.2 Å². The molecule has 0 atom stereocenters. The molecular formula is C16H18BrNO2. The van der Waals surface area contributed by atoms with E-state index in [-0.39, 0.29) is 5.75 Å². The number of rotatable bonds is 5. The Morgan fingerprint density at radius 3 is 2.70 bits per heavy atom. The van der Waals surface area contributed by atoms with E-state index in [1.54, 1.807) is 6.07 Å². The minimum Gasteiger partial charge on any atom is -0.504 e. The van der Waals surface area contributed by atoms with Crippen LogP contribution in [0.1, 0.15) is 18.1 Å². The number of ether oxygens (including phenoxy) is 1. The molecule has 0 amide bonds. The summed E-state index contributed by atoms with van der Waals surface area (Å²) in [6, 6.07) is 11.6. The number of aromatic hydroxyl groups is 1.